The SMILES string of the molecule is CCNC(=NCC(O)c1ccc(C)cc1)NCCCN1CCC(C)CC1. The van der Waals surface area contributed by atoms with Crippen molar-refractivity contribution in [1.82, 2.24) is 15.5 Å². The van der Waals surface area contributed by atoms with Gasteiger partial charge in [-0.2, -0.15) is 0 Å². The highest BCUT2D eigenvalue weighted by Crippen LogP contribution is 2.16. The van der Waals surface area contributed by atoms with Crippen LogP contribution in [0.4, 0.5) is 0 Å². The van der Waals surface area contributed by atoms with E-state index in [4.69, 9.17) is 0 Å². The van der Waals surface area contributed by atoms with Crippen molar-refractivity contribution in [1.29, 1.82) is 0 Å². The van der Waals surface area contributed by atoms with Crippen LogP contribution < -0.4 is 10.6 Å². The summed E-state index contributed by atoms with van der Waals surface area (Å²) in [4.78, 5) is 7.10. The van der Waals surface area contributed by atoms with Crippen LogP contribution in [0, 0.1) is 12.8 Å². The van der Waals surface area contributed by atoms with Crippen LogP contribution in [0.5, 0.6) is 0 Å². The molecule has 5 nitrogen and oxygen atoms in total. The first-order valence-electron chi connectivity index (χ1n) is 10.1. The molecule has 1 fully saturated rings. The zero-order valence-corrected chi connectivity index (χ0v) is 16.7. The Bertz CT molecular complexity index is 535. The van der Waals surface area contributed by atoms with Gasteiger partial charge in [-0.1, -0.05) is 36.8 Å². The molecule has 3 N–H and O–H groups in total. The predicted molar refractivity (Wildman–Crippen MR) is 110 cm³/mol. The van der Waals surface area contributed by atoms with Gasteiger partial charge < -0.3 is 20.6 Å². The van der Waals surface area contributed by atoms with Crippen molar-refractivity contribution < 1.29 is 5.11 Å². The molecule has 1 heterocycles. The number of rotatable bonds is 8. The minimum Gasteiger partial charge on any atom is -0.386 e. The van der Waals surface area contributed by atoms with Gasteiger partial charge in [0.05, 0.1) is 12.6 Å². The van der Waals surface area contributed by atoms with E-state index >= 15 is 0 Å². The van der Waals surface area contributed by atoms with E-state index in [0.29, 0.717) is 6.54 Å². The van der Waals surface area contributed by atoms with Gasteiger partial charge in [0.2, 0.25) is 0 Å². The molecule has 0 aliphatic carbocycles. The lowest BCUT2D eigenvalue weighted by Crippen LogP contribution is -2.40. The molecule has 2 rings (SSSR count). The first-order valence-corrected chi connectivity index (χ1v) is 10.1. The Hall–Kier alpha value is -1.59. The van der Waals surface area contributed by atoms with E-state index < -0.39 is 6.10 Å². The van der Waals surface area contributed by atoms with Crippen LogP contribution in [0.25, 0.3) is 0 Å². The number of piperidine rings is 1. The number of aliphatic hydroxyl groups excluding tert-OH is 1. The third-order valence-electron chi connectivity index (χ3n) is 5.05. The summed E-state index contributed by atoms with van der Waals surface area (Å²) in [6.45, 7) is 12.1. The second kappa shape index (κ2) is 11.2. The van der Waals surface area contributed by atoms with Gasteiger partial charge in [0.1, 0.15) is 0 Å². The fourth-order valence-corrected chi connectivity index (χ4v) is 3.21. The Kier molecular flexibility index (Phi) is 8.92. The predicted octanol–water partition coefficient (Wildman–Crippen LogP) is 2.71. The summed E-state index contributed by atoms with van der Waals surface area (Å²) >= 11 is 0. The summed E-state index contributed by atoms with van der Waals surface area (Å²) in [7, 11) is 0. The van der Waals surface area contributed by atoms with E-state index in [1.807, 2.05) is 31.2 Å². The number of aliphatic hydroxyl groups is 1. The lowest BCUT2D eigenvalue weighted by atomic mass is 9.99. The summed E-state index contributed by atoms with van der Waals surface area (Å²) in [5.41, 5.74) is 2.11. The smallest absolute Gasteiger partial charge is 0.191 e. The van der Waals surface area contributed by atoms with Crippen molar-refractivity contribution in [3.05, 3.63) is 35.4 Å². The zero-order chi connectivity index (χ0) is 18.8. The van der Waals surface area contributed by atoms with Gasteiger partial charge in [-0.25, -0.2) is 0 Å². The van der Waals surface area contributed by atoms with Crippen molar-refractivity contribution in [2.45, 2.75) is 46.1 Å². The van der Waals surface area contributed by atoms with Crippen LogP contribution in [0.15, 0.2) is 29.3 Å². The molecule has 1 aliphatic rings. The third-order valence-corrected chi connectivity index (χ3v) is 5.05. The molecule has 0 aromatic heterocycles. The normalized spacial score (nSPS) is 17.9. The Morgan fingerprint density at radius 3 is 2.58 bits per heavy atom. The number of likely N-dealkylation sites (tertiary alicyclic amines) is 1. The molecule has 1 aliphatic heterocycles. The fourth-order valence-electron chi connectivity index (χ4n) is 3.21. The number of hydrogen-bond acceptors (Lipinski definition) is 3. The summed E-state index contributed by atoms with van der Waals surface area (Å²) in [5.74, 6) is 1.67. The van der Waals surface area contributed by atoms with Gasteiger partial charge in [-0.05, 0) is 64.2 Å². The van der Waals surface area contributed by atoms with Gasteiger partial charge in [0.15, 0.2) is 5.96 Å². The lowest BCUT2D eigenvalue weighted by Gasteiger charge is -2.30. The van der Waals surface area contributed by atoms with E-state index in [9.17, 15) is 5.11 Å². The van der Waals surface area contributed by atoms with Crippen molar-refractivity contribution >= 4 is 5.96 Å². The molecule has 146 valence electrons. The van der Waals surface area contributed by atoms with E-state index in [2.05, 4.69) is 34.4 Å². The van der Waals surface area contributed by atoms with E-state index in [-0.39, 0.29) is 0 Å². The van der Waals surface area contributed by atoms with E-state index in [0.717, 1.165) is 43.5 Å². The van der Waals surface area contributed by atoms with Crippen molar-refractivity contribution in [2.75, 3.05) is 39.3 Å². The molecule has 0 amide bonds. The zero-order valence-electron chi connectivity index (χ0n) is 16.7. The van der Waals surface area contributed by atoms with Crippen molar-refractivity contribution in [2.24, 2.45) is 10.9 Å². The molecule has 0 saturated carbocycles. The average Bonchev–Trinajstić information content (AvgIpc) is 2.65. The minimum absolute atomic E-state index is 0.363. The topological polar surface area (TPSA) is 59.9 Å². The number of nitrogens with zero attached hydrogens (tertiary/aromatic N) is 2. The van der Waals surface area contributed by atoms with E-state index in [1.54, 1.807) is 0 Å². The van der Waals surface area contributed by atoms with Crippen LogP contribution in [-0.2, 0) is 0 Å². The summed E-state index contributed by atoms with van der Waals surface area (Å²) in [5, 5.41) is 17.0. The quantitative estimate of drug-likeness (QED) is 0.379. The van der Waals surface area contributed by atoms with Crippen LogP contribution in [0.3, 0.4) is 0 Å². The van der Waals surface area contributed by atoms with Gasteiger partial charge in [0, 0.05) is 13.1 Å². The fraction of sp³-hybridized carbons (Fsp3) is 0.667. The highest BCUT2D eigenvalue weighted by molar-refractivity contribution is 5.79. The molecule has 1 saturated heterocycles. The first kappa shape index (κ1) is 20.7. The molecule has 1 aromatic rings. The summed E-state index contributed by atoms with van der Waals surface area (Å²) < 4.78 is 0. The molecule has 0 bridgehead atoms. The van der Waals surface area contributed by atoms with Gasteiger partial charge in [-0.15, -0.1) is 0 Å². The molecule has 1 atom stereocenters. The molecular formula is C21H36N4O. The van der Waals surface area contributed by atoms with Crippen LogP contribution in [0.2, 0.25) is 0 Å². The molecule has 0 radical (unpaired) electrons. The Balaban J connectivity index is 1.72. The van der Waals surface area contributed by atoms with Crippen LogP contribution in [0.1, 0.15) is 50.3 Å². The van der Waals surface area contributed by atoms with E-state index in [1.165, 1.54) is 31.5 Å². The van der Waals surface area contributed by atoms with Crippen LogP contribution in [-0.4, -0.2) is 55.2 Å². The first-order chi connectivity index (χ1) is 12.6. The molecule has 1 aromatic carbocycles. The number of aryl methyl sites for hydroxylation is 1. The molecular weight excluding hydrogens is 324 g/mol. The summed E-state index contributed by atoms with van der Waals surface area (Å²) in [6, 6.07) is 7.98. The molecule has 0 spiro atoms. The number of benzene rings is 1. The van der Waals surface area contributed by atoms with Gasteiger partial charge in [-0.3, -0.25) is 4.99 Å². The maximum atomic E-state index is 10.3. The van der Waals surface area contributed by atoms with Crippen molar-refractivity contribution in [3.63, 3.8) is 0 Å². The lowest BCUT2D eigenvalue weighted by molar-refractivity contribution is 0.187. The number of nitrogens with one attached hydrogen (secondary N) is 2. The number of guanidine groups is 1. The second-order valence-electron chi connectivity index (χ2n) is 7.45. The Morgan fingerprint density at radius 1 is 1.23 bits per heavy atom. The van der Waals surface area contributed by atoms with Crippen LogP contribution >= 0.6 is 0 Å². The second-order valence-corrected chi connectivity index (χ2v) is 7.45. The largest absolute Gasteiger partial charge is 0.386 e. The Labute approximate surface area is 158 Å². The van der Waals surface area contributed by atoms with Gasteiger partial charge >= 0.3 is 0 Å². The minimum atomic E-state index is -0.568. The molecule has 26 heavy (non-hydrogen) atoms. The number of aliphatic imine (C=N–C) groups is 1. The van der Waals surface area contributed by atoms with Gasteiger partial charge in [0.25, 0.3) is 0 Å². The Morgan fingerprint density at radius 2 is 1.92 bits per heavy atom. The summed E-state index contributed by atoms with van der Waals surface area (Å²) in [6.07, 6.45) is 3.20. The van der Waals surface area contributed by atoms with Crippen molar-refractivity contribution in [3.8, 4) is 0 Å². The third kappa shape index (κ3) is 7.34. The maximum absolute atomic E-state index is 10.3. The highest BCUT2D eigenvalue weighted by atomic mass is 16.3. The molecule has 1 unspecified atom stereocenters. The monoisotopic (exact) mass is 360 g/mol. The highest BCUT2D eigenvalue weighted by Gasteiger charge is 2.14. The number of hydrogen-bond donors (Lipinski definition) is 3. The standard InChI is InChI=1S/C21H36N4O/c1-4-22-21(23-12-5-13-25-14-10-18(3)11-15-25)24-16-20(26)19-8-6-17(2)7-9-19/h6-9,18,20,26H,4-5,10-16H2,1-3H3,(H2,22,23,24). The average molecular weight is 361 g/mol. The molecule has 5 heteroatoms. The maximum Gasteiger partial charge on any atom is 0.191 e.